The first kappa shape index (κ1) is 10.2. The summed E-state index contributed by atoms with van der Waals surface area (Å²) in [6, 6.07) is 11.3. The summed E-state index contributed by atoms with van der Waals surface area (Å²) in [5, 5.41) is 8.75. The molecule has 0 N–H and O–H groups in total. The van der Waals surface area contributed by atoms with Crippen molar-refractivity contribution in [3.63, 3.8) is 0 Å². The summed E-state index contributed by atoms with van der Waals surface area (Å²) in [5.74, 6) is -0.114. The van der Waals surface area contributed by atoms with Gasteiger partial charge in [0.25, 0.3) is 0 Å². The number of carbonyl (C=O) groups excluding carboxylic acids is 1. The average molecular weight is 185 g/mol. The zero-order chi connectivity index (χ0) is 10.4. The summed E-state index contributed by atoms with van der Waals surface area (Å²) in [6.45, 7) is 1.75. The van der Waals surface area contributed by atoms with Crippen molar-refractivity contribution in [1.82, 2.24) is 0 Å². The van der Waals surface area contributed by atoms with Crippen LogP contribution < -0.4 is 0 Å². The molecule has 0 aliphatic heterocycles. The molecule has 2 nitrogen and oxygen atoms in total. The van der Waals surface area contributed by atoms with E-state index in [1.54, 1.807) is 13.0 Å². The summed E-state index contributed by atoms with van der Waals surface area (Å²) in [5.41, 5.74) is 1.10. The van der Waals surface area contributed by atoms with E-state index in [1.165, 1.54) is 0 Å². The van der Waals surface area contributed by atoms with Gasteiger partial charge in [-0.05, 0) is 11.6 Å². The summed E-state index contributed by atoms with van der Waals surface area (Å²) in [4.78, 5) is 11.3. The molecule has 1 rings (SSSR count). The number of ketones is 1. The Labute approximate surface area is 83.5 Å². The molecule has 1 aromatic carbocycles. The highest BCUT2D eigenvalue weighted by atomic mass is 16.1. The average Bonchev–Trinajstić information content (AvgIpc) is 2.26. The third-order valence-corrected chi connectivity index (χ3v) is 1.85. The molecule has 0 unspecified atom stereocenters. The van der Waals surface area contributed by atoms with Crippen LogP contribution in [0.4, 0.5) is 0 Å². The number of benzene rings is 1. The third-order valence-electron chi connectivity index (χ3n) is 1.85. The first-order valence-corrected chi connectivity index (χ1v) is 4.48. The minimum atomic E-state index is -0.114. The van der Waals surface area contributed by atoms with Crippen molar-refractivity contribution >= 4 is 11.9 Å². The second-order valence-electron chi connectivity index (χ2n) is 2.86. The van der Waals surface area contributed by atoms with E-state index in [0.717, 1.165) is 5.56 Å². The van der Waals surface area contributed by atoms with Gasteiger partial charge >= 0.3 is 0 Å². The fourth-order valence-electron chi connectivity index (χ4n) is 1.08. The zero-order valence-electron chi connectivity index (χ0n) is 8.03. The highest BCUT2D eigenvalue weighted by molar-refractivity contribution is 6.02. The summed E-state index contributed by atoms with van der Waals surface area (Å²) < 4.78 is 0. The van der Waals surface area contributed by atoms with Gasteiger partial charge in [0, 0.05) is 6.42 Å². The van der Waals surface area contributed by atoms with E-state index in [4.69, 9.17) is 5.26 Å². The monoisotopic (exact) mass is 185 g/mol. The van der Waals surface area contributed by atoms with Crippen LogP contribution in [0.1, 0.15) is 18.9 Å². The van der Waals surface area contributed by atoms with Gasteiger partial charge in [0.2, 0.25) is 0 Å². The van der Waals surface area contributed by atoms with Crippen molar-refractivity contribution in [3.8, 4) is 6.07 Å². The Bertz CT molecular complexity index is 385. The van der Waals surface area contributed by atoms with Crippen LogP contribution in [0.15, 0.2) is 35.9 Å². The largest absolute Gasteiger partial charge is 0.293 e. The number of nitrogens with zero attached hydrogens (tertiary/aromatic N) is 1. The topological polar surface area (TPSA) is 40.9 Å². The maximum atomic E-state index is 11.3. The van der Waals surface area contributed by atoms with E-state index in [9.17, 15) is 4.79 Å². The molecule has 0 aliphatic carbocycles. The quantitative estimate of drug-likeness (QED) is 0.536. The van der Waals surface area contributed by atoms with Crippen molar-refractivity contribution in [3.05, 3.63) is 41.5 Å². The molecular formula is C12H11NO. The summed E-state index contributed by atoms with van der Waals surface area (Å²) >= 11 is 0. The van der Waals surface area contributed by atoms with Gasteiger partial charge in [0.1, 0.15) is 6.07 Å². The maximum absolute atomic E-state index is 11.3. The summed E-state index contributed by atoms with van der Waals surface area (Å²) in [7, 11) is 0. The Morgan fingerprint density at radius 2 is 2.07 bits per heavy atom. The molecule has 0 spiro atoms. The van der Waals surface area contributed by atoms with E-state index in [0.29, 0.717) is 6.42 Å². The lowest BCUT2D eigenvalue weighted by atomic mass is 10.1. The molecule has 0 saturated heterocycles. The van der Waals surface area contributed by atoms with Gasteiger partial charge in [0.15, 0.2) is 5.78 Å². The molecule has 0 aromatic heterocycles. The maximum Gasteiger partial charge on any atom is 0.173 e. The normalized spacial score (nSPS) is 10.7. The van der Waals surface area contributed by atoms with Crippen LogP contribution in [0.25, 0.3) is 6.08 Å². The third kappa shape index (κ3) is 2.56. The molecule has 0 bridgehead atoms. The number of rotatable bonds is 3. The van der Waals surface area contributed by atoms with Crippen molar-refractivity contribution in [2.45, 2.75) is 13.3 Å². The molecule has 0 amide bonds. The van der Waals surface area contributed by atoms with Gasteiger partial charge in [-0.1, -0.05) is 37.3 Å². The van der Waals surface area contributed by atoms with E-state index in [-0.39, 0.29) is 11.4 Å². The molecule has 2 heteroatoms. The van der Waals surface area contributed by atoms with Gasteiger partial charge in [-0.2, -0.15) is 5.26 Å². The molecule has 0 radical (unpaired) electrons. The van der Waals surface area contributed by atoms with Gasteiger partial charge in [-0.15, -0.1) is 0 Å². The fourth-order valence-corrected chi connectivity index (χ4v) is 1.08. The first-order valence-electron chi connectivity index (χ1n) is 4.48. The Hall–Kier alpha value is -1.88. The molecular weight excluding hydrogens is 174 g/mol. The lowest BCUT2D eigenvalue weighted by Crippen LogP contribution is -1.97. The number of Topliss-reactive ketones (excluding diaryl/α,β-unsaturated/α-hetero) is 1. The Morgan fingerprint density at radius 1 is 1.43 bits per heavy atom. The van der Waals surface area contributed by atoms with Gasteiger partial charge in [0.05, 0.1) is 5.57 Å². The molecule has 70 valence electrons. The highest BCUT2D eigenvalue weighted by Crippen LogP contribution is 2.07. The smallest absolute Gasteiger partial charge is 0.173 e. The first-order chi connectivity index (χ1) is 6.77. The number of hydrogen-bond acceptors (Lipinski definition) is 2. The van der Waals surface area contributed by atoms with Gasteiger partial charge in [-0.3, -0.25) is 4.79 Å². The SMILES string of the molecule is CCC(=O)C(C#N)=Cc1ccccc1. The highest BCUT2D eigenvalue weighted by Gasteiger charge is 2.05. The molecule has 14 heavy (non-hydrogen) atoms. The molecule has 1 aromatic rings. The van der Waals surface area contributed by atoms with Crippen LogP contribution in [0.5, 0.6) is 0 Å². The lowest BCUT2D eigenvalue weighted by Gasteiger charge is -1.95. The van der Waals surface area contributed by atoms with E-state index < -0.39 is 0 Å². The van der Waals surface area contributed by atoms with Gasteiger partial charge in [-0.25, -0.2) is 0 Å². The second-order valence-corrected chi connectivity index (χ2v) is 2.86. The van der Waals surface area contributed by atoms with Crippen LogP contribution in [0, 0.1) is 11.3 Å². The van der Waals surface area contributed by atoms with E-state index in [2.05, 4.69) is 0 Å². The van der Waals surface area contributed by atoms with Crippen LogP contribution in [-0.4, -0.2) is 5.78 Å². The van der Waals surface area contributed by atoms with Crippen LogP contribution >= 0.6 is 0 Å². The number of hydrogen-bond donors (Lipinski definition) is 0. The number of allylic oxidation sites excluding steroid dienone is 1. The van der Waals surface area contributed by atoms with Crippen molar-refractivity contribution in [2.24, 2.45) is 0 Å². The van der Waals surface area contributed by atoms with Crippen molar-refractivity contribution < 1.29 is 4.79 Å². The molecule has 0 saturated carbocycles. The number of carbonyl (C=O) groups is 1. The van der Waals surface area contributed by atoms with Crippen LogP contribution in [0.3, 0.4) is 0 Å². The Morgan fingerprint density at radius 3 is 2.57 bits per heavy atom. The van der Waals surface area contributed by atoms with Crippen LogP contribution in [0.2, 0.25) is 0 Å². The zero-order valence-corrected chi connectivity index (χ0v) is 8.03. The predicted molar refractivity (Wildman–Crippen MR) is 55.3 cm³/mol. The van der Waals surface area contributed by atoms with Gasteiger partial charge < -0.3 is 0 Å². The standard InChI is InChI=1S/C12H11NO/c1-2-12(14)11(9-13)8-10-6-4-3-5-7-10/h3-8H,2H2,1H3. The molecule has 0 fully saturated rings. The van der Waals surface area contributed by atoms with E-state index >= 15 is 0 Å². The van der Waals surface area contributed by atoms with Crippen molar-refractivity contribution in [1.29, 1.82) is 5.26 Å². The molecule has 0 heterocycles. The Balaban J connectivity index is 2.97. The minimum Gasteiger partial charge on any atom is -0.293 e. The summed E-state index contributed by atoms with van der Waals surface area (Å²) in [6.07, 6.45) is 1.98. The predicted octanol–water partition coefficient (Wildman–Crippen LogP) is 2.57. The Kier molecular flexibility index (Phi) is 3.63. The lowest BCUT2D eigenvalue weighted by molar-refractivity contribution is -0.114. The molecule has 0 aliphatic rings. The van der Waals surface area contributed by atoms with Crippen LogP contribution in [-0.2, 0) is 4.79 Å². The van der Waals surface area contributed by atoms with E-state index in [1.807, 2.05) is 36.4 Å². The molecule has 0 atom stereocenters. The minimum absolute atomic E-state index is 0.114. The number of nitriles is 1. The van der Waals surface area contributed by atoms with Crippen molar-refractivity contribution in [2.75, 3.05) is 0 Å². The second kappa shape index (κ2) is 4.98. The fraction of sp³-hybridized carbons (Fsp3) is 0.167.